The summed E-state index contributed by atoms with van der Waals surface area (Å²) in [6, 6.07) is 0.625. The van der Waals surface area contributed by atoms with E-state index in [9.17, 15) is 4.79 Å². The van der Waals surface area contributed by atoms with Crippen molar-refractivity contribution in [3.05, 3.63) is 0 Å². The molecule has 4 heteroatoms. The maximum Gasteiger partial charge on any atom is 0.224 e. The zero-order chi connectivity index (χ0) is 10.9. The van der Waals surface area contributed by atoms with Gasteiger partial charge in [0, 0.05) is 19.1 Å². The molecule has 0 aliphatic carbocycles. The molecule has 2 aliphatic rings. The van der Waals surface area contributed by atoms with Gasteiger partial charge in [-0.25, -0.2) is 0 Å². The van der Waals surface area contributed by atoms with Crippen molar-refractivity contribution >= 4 is 5.91 Å². The first-order chi connectivity index (χ1) is 7.10. The van der Waals surface area contributed by atoms with Crippen LogP contribution < -0.4 is 11.1 Å². The Balaban J connectivity index is 1.84. The lowest BCUT2D eigenvalue weighted by molar-refractivity contribution is -0.126. The quantitative estimate of drug-likeness (QED) is 0.687. The molecule has 15 heavy (non-hydrogen) atoms. The van der Waals surface area contributed by atoms with Gasteiger partial charge in [-0.1, -0.05) is 0 Å². The van der Waals surface area contributed by atoms with E-state index in [-0.39, 0.29) is 11.3 Å². The molecule has 1 amide bonds. The minimum atomic E-state index is -0.293. The first-order valence-electron chi connectivity index (χ1n) is 5.86. The van der Waals surface area contributed by atoms with Crippen molar-refractivity contribution in [2.24, 2.45) is 11.1 Å². The molecular formula is C11H21N3O. The third kappa shape index (κ3) is 2.32. The molecule has 4 nitrogen and oxygen atoms in total. The van der Waals surface area contributed by atoms with Crippen LogP contribution in [-0.4, -0.2) is 43.0 Å². The summed E-state index contributed by atoms with van der Waals surface area (Å²) >= 11 is 0. The van der Waals surface area contributed by atoms with Crippen molar-refractivity contribution in [3.63, 3.8) is 0 Å². The molecule has 1 unspecified atom stereocenters. The zero-order valence-electron chi connectivity index (χ0n) is 9.46. The Morgan fingerprint density at radius 1 is 1.67 bits per heavy atom. The van der Waals surface area contributed by atoms with Gasteiger partial charge >= 0.3 is 0 Å². The van der Waals surface area contributed by atoms with E-state index in [4.69, 9.17) is 5.73 Å². The fraction of sp³-hybridized carbons (Fsp3) is 0.909. The van der Waals surface area contributed by atoms with Crippen molar-refractivity contribution in [1.82, 2.24) is 10.2 Å². The number of hydrogen-bond acceptors (Lipinski definition) is 3. The van der Waals surface area contributed by atoms with Crippen molar-refractivity contribution in [2.45, 2.75) is 32.2 Å². The second kappa shape index (κ2) is 4.10. The van der Waals surface area contributed by atoms with E-state index in [0.717, 1.165) is 32.6 Å². The van der Waals surface area contributed by atoms with Gasteiger partial charge in [-0.15, -0.1) is 0 Å². The van der Waals surface area contributed by atoms with E-state index in [1.165, 1.54) is 12.8 Å². The summed E-state index contributed by atoms with van der Waals surface area (Å²) in [5.41, 5.74) is 5.13. The molecule has 86 valence electrons. The third-order valence-corrected chi connectivity index (χ3v) is 3.79. The second-order valence-corrected chi connectivity index (χ2v) is 5.20. The van der Waals surface area contributed by atoms with Gasteiger partial charge in [-0.3, -0.25) is 4.79 Å². The van der Waals surface area contributed by atoms with Crippen LogP contribution in [0.5, 0.6) is 0 Å². The van der Waals surface area contributed by atoms with E-state index < -0.39 is 0 Å². The Kier molecular flexibility index (Phi) is 2.98. The van der Waals surface area contributed by atoms with Crippen LogP contribution in [0, 0.1) is 5.41 Å². The molecule has 0 saturated carbocycles. The highest BCUT2D eigenvalue weighted by molar-refractivity contribution is 5.81. The lowest BCUT2D eigenvalue weighted by Crippen LogP contribution is -2.40. The minimum absolute atomic E-state index is 0.149. The van der Waals surface area contributed by atoms with Gasteiger partial charge in [-0.2, -0.15) is 0 Å². The highest BCUT2D eigenvalue weighted by atomic mass is 16.1. The number of amides is 1. The van der Waals surface area contributed by atoms with Crippen molar-refractivity contribution in [1.29, 1.82) is 0 Å². The zero-order valence-corrected chi connectivity index (χ0v) is 9.46. The topological polar surface area (TPSA) is 58.4 Å². The fourth-order valence-corrected chi connectivity index (χ4v) is 2.64. The van der Waals surface area contributed by atoms with E-state index >= 15 is 0 Å². The lowest BCUT2D eigenvalue weighted by Gasteiger charge is -2.23. The Labute approximate surface area is 91.2 Å². The number of hydrogen-bond donors (Lipinski definition) is 2. The van der Waals surface area contributed by atoms with Crippen LogP contribution in [0.4, 0.5) is 0 Å². The van der Waals surface area contributed by atoms with Crippen molar-refractivity contribution < 1.29 is 4.79 Å². The lowest BCUT2D eigenvalue weighted by atomic mass is 9.89. The molecule has 2 heterocycles. The SMILES string of the molecule is CC1(C(N)=O)CCN(C[C@H]2CCCN2)C1. The number of primary amides is 1. The van der Waals surface area contributed by atoms with Crippen LogP contribution in [0.1, 0.15) is 26.2 Å². The van der Waals surface area contributed by atoms with Crippen molar-refractivity contribution in [2.75, 3.05) is 26.2 Å². The molecular weight excluding hydrogens is 190 g/mol. The first kappa shape index (κ1) is 10.9. The number of nitrogens with one attached hydrogen (secondary N) is 1. The van der Waals surface area contributed by atoms with Gasteiger partial charge in [-0.05, 0) is 39.3 Å². The molecule has 2 saturated heterocycles. The normalized spacial score (nSPS) is 37.3. The molecule has 0 radical (unpaired) electrons. The van der Waals surface area contributed by atoms with Gasteiger partial charge in [0.05, 0.1) is 5.41 Å². The predicted molar refractivity (Wildman–Crippen MR) is 59.4 cm³/mol. The van der Waals surface area contributed by atoms with E-state index in [0.29, 0.717) is 6.04 Å². The summed E-state index contributed by atoms with van der Waals surface area (Å²) in [5.74, 6) is -0.149. The van der Waals surface area contributed by atoms with Gasteiger partial charge in [0.25, 0.3) is 0 Å². The highest BCUT2D eigenvalue weighted by Gasteiger charge is 2.39. The summed E-state index contributed by atoms with van der Waals surface area (Å²) in [6.07, 6.45) is 3.46. The maximum absolute atomic E-state index is 11.3. The van der Waals surface area contributed by atoms with Crippen LogP contribution in [0.15, 0.2) is 0 Å². The van der Waals surface area contributed by atoms with Crippen LogP contribution in [0.2, 0.25) is 0 Å². The van der Waals surface area contributed by atoms with Crippen LogP contribution in [0.3, 0.4) is 0 Å². The molecule has 0 bridgehead atoms. The summed E-state index contributed by atoms with van der Waals surface area (Å²) in [5, 5.41) is 3.48. The van der Waals surface area contributed by atoms with Gasteiger partial charge in [0.15, 0.2) is 0 Å². The monoisotopic (exact) mass is 211 g/mol. The Bertz CT molecular complexity index is 250. The largest absolute Gasteiger partial charge is 0.369 e. The van der Waals surface area contributed by atoms with Crippen LogP contribution >= 0.6 is 0 Å². The molecule has 0 aromatic rings. The average Bonchev–Trinajstić information content (AvgIpc) is 2.77. The number of likely N-dealkylation sites (tertiary alicyclic amines) is 1. The maximum atomic E-state index is 11.3. The highest BCUT2D eigenvalue weighted by Crippen LogP contribution is 2.29. The Hall–Kier alpha value is -0.610. The van der Waals surface area contributed by atoms with E-state index in [1.54, 1.807) is 0 Å². The molecule has 0 aromatic carbocycles. The number of carbonyl (C=O) groups is 1. The van der Waals surface area contributed by atoms with E-state index in [1.807, 2.05) is 6.92 Å². The summed E-state index contributed by atoms with van der Waals surface area (Å²) < 4.78 is 0. The Morgan fingerprint density at radius 3 is 3.00 bits per heavy atom. The molecule has 0 aromatic heterocycles. The molecule has 0 spiro atoms. The van der Waals surface area contributed by atoms with Crippen LogP contribution in [-0.2, 0) is 4.79 Å². The first-order valence-corrected chi connectivity index (χ1v) is 5.86. The summed E-state index contributed by atoms with van der Waals surface area (Å²) in [4.78, 5) is 13.7. The van der Waals surface area contributed by atoms with Crippen LogP contribution in [0.25, 0.3) is 0 Å². The molecule has 3 N–H and O–H groups in total. The smallest absolute Gasteiger partial charge is 0.224 e. The minimum Gasteiger partial charge on any atom is -0.369 e. The molecule has 2 atom stereocenters. The molecule has 2 fully saturated rings. The molecule has 2 aliphatic heterocycles. The average molecular weight is 211 g/mol. The number of carbonyl (C=O) groups excluding carboxylic acids is 1. The van der Waals surface area contributed by atoms with Gasteiger partial charge in [0.1, 0.15) is 0 Å². The number of nitrogens with two attached hydrogens (primary N) is 1. The third-order valence-electron chi connectivity index (χ3n) is 3.79. The second-order valence-electron chi connectivity index (χ2n) is 5.20. The standard InChI is InChI=1S/C11H21N3O/c1-11(10(12)15)4-6-14(8-11)7-9-3-2-5-13-9/h9,13H,2-8H2,1H3,(H2,12,15)/t9-,11?/m1/s1. The predicted octanol–water partition coefficient (Wildman–Crippen LogP) is -0.0643. The Morgan fingerprint density at radius 2 is 2.47 bits per heavy atom. The summed E-state index contributed by atoms with van der Waals surface area (Å²) in [7, 11) is 0. The van der Waals surface area contributed by atoms with Gasteiger partial charge < -0.3 is 16.0 Å². The fourth-order valence-electron chi connectivity index (χ4n) is 2.64. The van der Waals surface area contributed by atoms with Gasteiger partial charge in [0.2, 0.25) is 5.91 Å². The number of nitrogens with zero attached hydrogens (tertiary/aromatic N) is 1. The molecule has 2 rings (SSSR count). The van der Waals surface area contributed by atoms with Crippen molar-refractivity contribution in [3.8, 4) is 0 Å². The number of rotatable bonds is 3. The summed E-state index contributed by atoms with van der Waals surface area (Å²) in [6.45, 7) is 6.05. The van der Waals surface area contributed by atoms with E-state index in [2.05, 4.69) is 10.2 Å².